The average molecular weight is 429 g/mol. The zero-order valence-corrected chi connectivity index (χ0v) is 18.0. The molecule has 0 saturated heterocycles. The molecule has 1 aliphatic heterocycles. The van der Waals surface area contributed by atoms with Gasteiger partial charge in [0.05, 0.1) is 18.8 Å². The first-order chi connectivity index (χ1) is 14.4. The summed E-state index contributed by atoms with van der Waals surface area (Å²) in [5, 5.41) is 3.68. The summed E-state index contributed by atoms with van der Waals surface area (Å²) in [4.78, 5) is 27.6. The number of halogens is 1. The summed E-state index contributed by atoms with van der Waals surface area (Å²) in [6, 6.07) is 14.1. The Morgan fingerprint density at radius 2 is 1.80 bits per heavy atom. The summed E-state index contributed by atoms with van der Waals surface area (Å²) < 4.78 is 10.8. The van der Waals surface area contributed by atoms with Gasteiger partial charge in [-0.15, -0.1) is 0 Å². The van der Waals surface area contributed by atoms with E-state index < -0.39 is 0 Å². The highest BCUT2D eigenvalue weighted by Gasteiger charge is 2.38. The first-order valence-electron chi connectivity index (χ1n) is 9.79. The molecule has 3 rings (SSSR count). The largest absolute Gasteiger partial charge is 0.497 e. The van der Waals surface area contributed by atoms with Crippen LogP contribution in [0.3, 0.4) is 0 Å². The minimum absolute atomic E-state index is 0.100. The third kappa shape index (κ3) is 5.01. The topological polar surface area (TPSA) is 67.9 Å². The lowest BCUT2D eigenvalue weighted by atomic mass is 10.0. The Hall–Kier alpha value is -2.83. The number of ether oxygens (including phenoxy) is 2. The van der Waals surface area contributed by atoms with Gasteiger partial charge in [0.25, 0.3) is 11.8 Å². The molecule has 0 fully saturated rings. The Labute approximate surface area is 181 Å². The molecule has 0 bridgehead atoms. The Bertz CT molecular complexity index is 954. The van der Waals surface area contributed by atoms with Crippen molar-refractivity contribution in [1.29, 1.82) is 0 Å². The molecule has 0 unspecified atom stereocenters. The normalized spacial score (nSPS) is 14.1. The highest BCUT2D eigenvalue weighted by Crippen LogP contribution is 2.32. The molecule has 2 amide bonds. The van der Waals surface area contributed by atoms with Crippen molar-refractivity contribution in [3.63, 3.8) is 0 Å². The van der Waals surface area contributed by atoms with Crippen LogP contribution in [0.15, 0.2) is 54.2 Å². The molecular weight excluding hydrogens is 404 g/mol. The lowest BCUT2D eigenvalue weighted by Gasteiger charge is -2.16. The molecular formula is C23H25ClN2O4. The second kappa shape index (κ2) is 9.78. The number of carbonyl (C=O) groups is 2. The summed E-state index contributed by atoms with van der Waals surface area (Å²) >= 11 is 6.00. The van der Waals surface area contributed by atoms with E-state index in [4.69, 9.17) is 21.1 Å². The van der Waals surface area contributed by atoms with Crippen LogP contribution in [0.2, 0.25) is 5.02 Å². The average Bonchev–Trinajstić information content (AvgIpc) is 2.96. The van der Waals surface area contributed by atoms with Crippen molar-refractivity contribution in [1.82, 2.24) is 4.90 Å². The van der Waals surface area contributed by atoms with Gasteiger partial charge in [0.1, 0.15) is 11.4 Å². The molecule has 6 nitrogen and oxygen atoms in total. The van der Waals surface area contributed by atoms with Crippen LogP contribution in [0.4, 0.5) is 5.69 Å². The standard InChI is InChI=1S/C23H25ClN2O4/c1-15(2)30-13-5-12-26-22(27)20(16-8-10-17(24)11-9-16)21(23(26)28)25-18-6-4-7-19(14-18)29-3/h4,6-11,14-15,25H,5,12-13H2,1-3H3. The van der Waals surface area contributed by atoms with Gasteiger partial charge in [-0.05, 0) is 50.1 Å². The summed E-state index contributed by atoms with van der Waals surface area (Å²) in [7, 11) is 1.57. The fraction of sp³-hybridized carbons (Fsp3) is 0.304. The number of benzene rings is 2. The van der Waals surface area contributed by atoms with E-state index in [9.17, 15) is 9.59 Å². The number of methoxy groups -OCH3 is 1. The summed E-state index contributed by atoms with van der Waals surface area (Å²) in [6.07, 6.45) is 0.665. The Morgan fingerprint density at radius 1 is 1.07 bits per heavy atom. The summed E-state index contributed by atoms with van der Waals surface area (Å²) in [5.74, 6) is -0.0531. The van der Waals surface area contributed by atoms with Crippen molar-refractivity contribution >= 4 is 34.7 Å². The van der Waals surface area contributed by atoms with Gasteiger partial charge in [-0.3, -0.25) is 14.5 Å². The molecule has 1 N–H and O–H groups in total. The fourth-order valence-corrected chi connectivity index (χ4v) is 3.29. The third-order valence-corrected chi connectivity index (χ3v) is 4.87. The van der Waals surface area contributed by atoms with Crippen molar-refractivity contribution in [2.24, 2.45) is 0 Å². The molecule has 2 aromatic carbocycles. The van der Waals surface area contributed by atoms with E-state index in [1.807, 2.05) is 32.0 Å². The van der Waals surface area contributed by atoms with Crippen LogP contribution in [-0.2, 0) is 14.3 Å². The molecule has 0 saturated carbocycles. The predicted molar refractivity (Wildman–Crippen MR) is 117 cm³/mol. The highest BCUT2D eigenvalue weighted by atomic mass is 35.5. The van der Waals surface area contributed by atoms with Crippen LogP contribution in [0.25, 0.3) is 5.57 Å². The number of imide groups is 1. The van der Waals surface area contributed by atoms with Gasteiger partial charge in [-0.25, -0.2) is 0 Å². The van der Waals surface area contributed by atoms with Gasteiger partial charge < -0.3 is 14.8 Å². The van der Waals surface area contributed by atoms with Crippen LogP contribution in [-0.4, -0.2) is 43.1 Å². The van der Waals surface area contributed by atoms with Crippen molar-refractivity contribution in [2.45, 2.75) is 26.4 Å². The van der Waals surface area contributed by atoms with E-state index >= 15 is 0 Å². The molecule has 0 aliphatic carbocycles. The molecule has 0 aromatic heterocycles. The van der Waals surface area contributed by atoms with Crippen LogP contribution >= 0.6 is 11.6 Å². The molecule has 0 atom stereocenters. The summed E-state index contributed by atoms with van der Waals surface area (Å²) in [6.45, 7) is 4.65. The molecule has 1 aliphatic rings. The SMILES string of the molecule is COc1cccc(NC2=C(c3ccc(Cl)cc3)C(=O)N(CCCOC(C)C)C2=O)c1. The zero-order chi connectivity index (χ0) is 21.7. The third-order valence-electron chi connectivity index (χ3n) is 4.62. The van der Waals surface area contributed by atoms with Crippen molar-refractivity contribution in [3.05, 3.63) is 64.8 Å². The van der Waals surface area contributed by atoms with Crippen LogP contribution in [0.5, 0.6) is 5.75 Å². The Kier molecular flexibility index (Phi) is 7.13. The molecule has 0 spiro atoms. The lowest BCUT2D eigenvalue weighted by Crippen LogP contribution is -2.34. The van der Waals surface area contributed by atoms with E-state index in [0.29, 0.717) is 40.6 Å². The Morgan fingerprint density at radius 3 is 2.47 bits per heavy atom. The van der Waals surface area contributed by atoms with Gasteiger partial charge >= 0.3 is 0 Å². The number of anilines is 1. The number of amides is 2. The number of nitrogens with one attached hydrogen (secondary N) is 1. The van der Waals surface area contributed by atoms with Gasteiger partial charge in [0, 0.05) is 29.9 Å². The number of hydrogen-bond acceptors (Lipinski definition) is 5. The van der Waals surface area contributed by atoms with E-state index in [-0.39, 0.29) is 30.2 Å². The minimum Gasteiger partial charge on any atom is -0.497 e. The van der Waals surface area contributed by atoms with Crippen LogP contribution in [0, 0.1) is 0 Å². The predicted octanol–water partition coefficient (Wildman–Crippen LogP) is 4.36. The second-order valence-corrected chi connectivity index (χ2v) is 7.59. The number of rotatable bonds is 9. The Balaban J connectivity index is 1.90. The maximum atomic E-state index is 13.2. The van der Waals surface area contributed by atoms with Gasteiger partial charge in [-0.1, -0.05) is 29.8 Å². The first kappa shape index (κ1) is 21.9. The van der Waals surface area contributed by atoms with Gasteiger partial charge in [0.2, 0.25) is 0 Å². The smallest absolute Gasteiger partial charge is 0.278 e. The van der Waals surface area contributed by atoms with Crippen molar-refractivity contribution in [2.75, 3.05) is 25.6 Å². The van der Waals surface area contributed by atoms with Gasteiger partial charge in [-0.2, -0.15) is 0 Å². The van der Waals surface area contributed by atoms with E-state index in [1.54, 1.807) is 37.4 Å². The first-order valence-corrected chi connectivity index (χ1v) is 10.2. The fourth-order valence-electron chi connectivity index (χ4n) is 3.17. The number of carbonyl (C=O) groups excluding carboxylic acids is 2. The maximum absolute atomic E-state index is 13.2. The van der Waals surface area contributed by atoms with Crippen molar-refractivity contribution < 1.29 is 19.1 Å². The monoisotopic (exact) mass is 428 g/mol. The van der Waals surface area contributed by atoms with E-state index in [0.717, 1.165) is 0 Å². The second-order valence-electron chi connectivity index (χ2n) is 7.15. The van der Waals surface area contributed by atoms with Crippen LogP contribution in [0.1, 0.15) is 25.8 Å². The molecule has 2 aromatic rings. The molecule has 158 valence electrons. The van der Waals surface area contributed by atoms with Gasteiger partial charge in [0.15, 0.2) is 0 Å². The van der Waals surface area contributed by atoms with Crippen molar-refractivity contribution in [3.8, 4) is 5.75 Å². The lowest BCUT2D eigenvalue weighted by molar-refractivity contribution is -0.137. The van der Waals surface area contributed by atoms with Crippen LogP contribution < -0.4 is 10.1 Å². The number of hydrogen-bond donors (Lipinski definition) is 1. The van der Waals surface area contributed by atoms with E-state index in [1.165, 1.54) is 4.90 Å². The zero-order valence-electron chi connectivity index (χ0n) is 17.3. The molecule has 0 radical (unpaired) electrons. The quantitative estimate of drug-likeness (QED) is 0.475. The highest BCUT2D eigenvalue weighted by molar-refractivity contribution is 6.36. The maximum Gasteiger partial charge on any atom is 0.278 e. The summed E-state index contributed by atoms with van der Waals surface area (Å²) in [5.41, 5.74) is 1.84. The molecule has 30 heavy (non-hydrogen) atoms. The molecule has 7 heteroatoms. The number of nitrogens with zero attached hydrogens (tertiary/aromatic N) is 1. The molecule has 1 heterocycles. The minimum atomic E-state index is -0.364. The van der Waals surface area contributed by atoms with E-state index in [2.05, 4.69) is 5.32 Å².